The molecule has 2 N–H and O–H groups in total. The molecule has 8 nitrogen and oxygen atoms in total. The highest BCUT2D eigenvalue weighted by Gasteiger charge is 2.27. The van der Waals surface area contributed by atoms with Crippen LogP contribution in [0.25, 0.3) is 16.7 Å². The molecule has 0 aliphatic heterocycles. The molecule has 2 atom stereocenters. The van der Waals surface area contributed by atoms with E-state index in [1.54, 1.807) is 17.1 Å². The summed E-state index contributed by atoms with van der Waals surface area (Å²) in [6.45, 7) is 0. The normalized spacial score (nSPS) is 18.5. The average Bonchev–Trinajstić information content (AvgIpc) is 3.52. The van der Waals surface area contributed by atoms with Crippen molar-refractivity contribution in [2.75, 3.05) is 0 Å². The van der Waals surface area contributed by atoms with Crippen molar-refractivity contribution in [2.45, 2.75) is 37.8 Å². The molecule has 1 saturated carbocycles. The van der Waals surface area contributed by atoms with Gasteiger partial charge in [0.05, 0.1) is 29.5 Å². The quantitative estimate of drug-likeness (QED) is 0.521. The van der Waals surface area contributed by atoms with Gasteiger partial charge >= 0.3 is 0 Å². The topological polar surface area (TPSA) is 97.9 Å². The Hall–Kier alpha value is -3.52. The summed E-state index contributed by atoms with van der Waals surface area (Å²) in [6.07, 6.45) is 7.92. The number of aliphatic hydroxyl groups excluding tert-OH is 1. The second kappa shape index (κ2) is 7.96. The minimum atomic E-state index is -0.487. The van der Waals surface area contributed by atoms with Crippen LogP contribution in [0.4, 0.5) is 0 Å². The third-order valence-electron chi connectivity index (χ3n) is 5.90. The third-order valence-corrected chi connectivity index (χ3v) is 5.90. The highest BCUT2D eigenvalue weighted by molar-refractivity contribution is 5.95. The molecule has 31 heavy (non-hydrogen) atoms. The summed E-state index contributed by atoms with van der Waals surface area (Å²) in [5, 5.41) is 21.6. The highest BCUT2D eigenvalue weighted by atomic mass is 16.3. The number of hydrogen-bond donors (Lipinski definition) is 2. The van der Waals surface area contributed by atoms with E-state index in [-0.39, 0.29) is 11.9 Å². The number of nitrogens with zero attached hydrogens (tertiary/aromatic N) is 5. The monoisotopic (exact) mass is 416 g/mol. The van der Waals surface area contributed by atoms with Gasteiger partial charge in [-0.05, 0) is 61.1 Å². The number of nitrogens with one attached hydrogen (secondary N) is 1. The van der Waals surface area contributed by atoms with Gasteiger partial charge in [-0.15, -0.1) is 0 Å². The van der Waals surface area contributed by atoms with Gasteiger partial charge in [-0.2, -0.15) is 10.2 Å². The smallest absolute Gasteiger partial charge is 0.270 e. The largest absolute Gasteiger partial charge is 0.391 e. The van der Waals surface area contributed by atoms with Crippen molar-refractivity contribution in [3.8, 4) is 5.69 Å². The maximum absolute atomic E-state index is 12.9. The lowest BCUT2D eigenvalue weighted by Crippen LogP contribution is -2.40. The zero-order valence-electron chi connectivity index (χ0n) is 17.3. The second-order valence-corrected chi connectivity index (χ2v) is 8.04. The molecule has 158 valence electrons. The fourth-order valence-corrected chi connectivity index (χ4v) is 4.29. The fraction of sp³-hybridized carbons (Fsp3) is 0.304. The van der Waals surface area contributed by atoms with Gasteiger partial charge in [-0.1, -0.05) is 12.1 Å². The third kappa shape index (κ3) is 3.82. The number of carbonyl (C=O) groups excluding carboxylic acids is 1. The Morgan fingerprint density at radius 1 is 1.23 bits per heavy atom. The maximum Gasteiger partial charge on any atom is 0.270 e. The number of benzene rings is 1. The summed E-state index contributed by atoms with van der Waals surface area (Å²) in [7, 11) is 1.88. The van der Waals surface area contributed by atoms with Crippen LogP contribution in [0.15, 0.2) is 55.0 Å². The van der Waals surface area contributed by atoms with Crippen LogP contribution in [-0.2, 0) is 13.5 Å². The molecule has 1 amide bonds. The molecule has 5 rings (SSSR count). The molecule has 0 bridgehead atoms. The molecule has 4 aromatic rings. The van der Waals surface area contributed by atoms with Gasteiger partial charge in [0.15, 0.2) is 0 Å². The minimum absolute atomic E-state index is 0.211. The first-order chi connectivity index (χ1) is 15.1. The van der Waals surface area contributed by atoms with Crippen molar-refractivity contribution < 1.29 is 9.90 Å². The predicted molar refractivity (Wildman–Crippen MR) is 116 cm³/mol. The van der Waals surface area contributed by atoms with Crippen molar-refractivity contribution >= 4 is 16.9 Å². The highest BCUT2D eigenvalue weighted by Crippen LogP contribution is 2.23. The van der Waals surface area contributed by atoms with Crippen molar-refractivity contribution in [2.24, 2.45) is 7.05 Å². The molecule has 8 heteroatoms. The molecule has 1 fully saturated rings. The van der Waals surface area contributed by atoms with Crippen LogP contribution in [0.3, 0.4) is 0 Å². The van der Waals surface area contributed by atoms with E-state index in [9.17, 15) is 9.90 Å². The van der Waals surface area contributed by atoms with Gasteiger partial charge in [-0.25, -0.2) is 9.67 Å². The Morgan fingerprint density at radius 3 is 2.77 bits per heavy atom. The molecule has 1 aliphatic carbocycles. The number of carbonyl (C=O) groups is 1. The van der Waals surface area contributed by atoms with E-state index in [0.717, 1.165) is 41.6 Å². The zero-order valence-corrected chi connectivity index (χ0v) is 17.3. The Kier molecular flexibility index (Phi) is 4.99. The first kappa shape index (κ1) is 19.4. The zero-order chi connectivity index (χ0) is 21.4. The van der Waals surface area contributed by atoms with Crippen LogP contribution >= 0.6 is 0 Å². The van der Waals surface area contributed by atoms with E-state index < -0.39 is 6.10 Å². The van der Waals surface area contributed by atoms with Crippen molar-refractivity contribution in [3.63, 3.8) is 0 Å². The summed E-state index contributed by atoms with van der Waals surface area (Å²) in [5.74, 6) is -0.257. The van der Waals surface area contributed by atoms with E-state index in [4.69, 9.17) is 0 Å². The number of pyridine rings is 1. The first-order valence-corrected chi connectivity index (χ1v) is 10.5. The lowest BCUT2D eigenvalue weighted by molar-refractivity contribution is 0.0868. The molecular weight excluding hydrogens is 392 g/mol. The van der Waals surface area contributed by atoms with Crippen LogP contribution in [0, 0.1) is 0 Å². The number of rotatable bonds is 5. The maximum atomic E-state index is 12.9. The molecule has 3 aromatic heterocycles. The van der Waals surface area contributed by atoms with Gasteiger partial charge < -0.3 is 10.4 Å². The summed E-state index contributed by atoms with van der Waals surface area (Å²) in [6, 6.07) is 11.7. The van der Waals surface area contributed by atoms with E-state index in [2.05, 4.69) is 32.6 Å². The van der Waals surface area contributed by atoms with Gasteiger partial charge in [0.1, 0.15) is 11.2 Å². The minimum Gasteiger partial charge on any atom is -0.391 e. The van der Waals surface area contributed by atoms with Crippen LogP contribution in [0.2, 0.25) is 0 Å². The van der Waals surface area contributed by atoms with E-state index >= 15 is 0 Å². The van der Waals surface area contributed by atoms with Gasteiger partial charge in [0.25, 0.3) is 5.91 Å². The Morgan fingerprint density at radius 2 is 2.06 bits per heavy atom. The molecule has 0 saturated heterocycles. The molecule has 0 radical (unpaired) electrons. The van der Waals surface area contributed by atoms with E-state index in [1.807, 2.05) is 42.2 Å². The van der Waals surface area contributed by atoms with Crippen molar-refractivity contribution in [1.82, 2.24) is 29.9 Å². The Bertz CT molecular complexity index is 1210. The number of aryl methyl sites for hydroxylation is 1. The Balaban J connectivity index is 1.44. The summed E-state index contributed by atoms with van der Waals surface area (Å²) in [5.41, 5.74) is 5.03. The standard InChI is InChI=1S/C23H24N6O2/c1-28-22-16(12-15-6-8-17(9-7-15)29-11-3-10-24-29)13-19(26-20(22)14-25-28)23(31)27-18-4-2-5-21(18)30/h3,6-11,13-14,18,21,30H,2,4-5,12H2,1H3,(H,27,31)/t18-,21-/m0/s1. The van der Waals surface area contributed by atoms with Crippen molar-refractivity contribution in [3.05, 3.63) is 71.8 Å². The molecule has 0 unspecified atom stereocenters. The molecule has 3 heterocycles. The number of fused-ring (bicyclic) bond motifs is 1. The summed E-state index contributed by atoms with van der Waals surface area (Å²) < 4.78 is 3.60. The lowest BCUT2D eigenvalue weighted by Gasteiger charge is -2.16. The predicted octanol–water partition coefficient (Wildman–Crippen LogP) is 2.39. The second-order valence-electron chi connectivity index (χ2n) is 8.04. The van der Waals surface area contributed by atoms with Crippen LogP contribution in [0.5, 0.6) is 0 Å². The van der Waals surface area contributed by atoms with E-state index in [0.29, 0.717) is 17.6 Å². The Labute approximate surface area is 179 Å². The van der Waals surface area contributed by atoms with Gasteiger partial charge in [0.2, 0.25) is 0 Å². The number of aromatic nitrogens is 5. The SMILES string of the molecule is Cn1ncc2nc(C(=O)N[C@H]3CCC[C@@H]3O)cc(Cc3ccc(-n4cccn4)cc3)c21. The molecule has 0 spiro atoms. The van der Waals surface area contributed by atoms with Crippen LogP contribution in [-0.4, -0.2) is 47.7 Å². The average molecular weight is 416 g/mol. The van der Waals surface area contributed by atoms with Crippen molar-refractivity contribution in [1.29, 1.82) is 0 Å². The molecule has 1 aromatic carbocycles. The van der Waals surface area contributed by atoms with Crippen LogP contribution < -0.4 is 5.32 Å². The number of hydrogen-bond acceptors (Lipinski definition) is 5. The molecule has 1 aliphatic rings. The lowest BCUT2D eigenvalue weighted by atomic mass is 10.0. The summed E-state index contributed by atoms with van der Waals surface area (Å²) >= 11 is 0. The summed E-state index contributed by atoms with van der Waals surface area (Å²) in [4.78, 5) is 17.4. The first-order valence-electron chi connectivity index (χ1n) is 10.5. The van der Waals surface area contributed by atoms with Gasteiger partial charge in [0, 0.05) is 19.4 Å². The number of aliphatic hydroxyl groups is 1. The fourth-order valence-electron chi connectivity index (χ4n) is 4.29. The molecular formula is C23H24N6O2. The van der Waals surface area contributed by atoms with Crippen LogP contribution in [0.1, 0.15) is 40.9 Å². The van der Waals surface area contributed by atoms with E-state index in [1.165, 1.54) is 0 Å². The van der Waals surface area contributed by atoms with Gasteiger partial charge in [-0.3, -0.25) is 9.48 Å². The number of amides is 1.